The molecule has 1 N–H and O–H groups in total. The van der Waals surface area contributed by atoms with Gasteiger partial charge in [-0.15, -0.1) is 0 Å². The van der Waals surface area contributed by atoms with E-state index in [0.29, 0.717) is 0 Å². The molecule has 46 heavy (non-hydrogen) atoms. The Hall–Kier alpha value is -2.64. The van der Waals surface area contributed by atoms with Crippen LogP contribution in [-0.4, -0.2) is 34.1 Å². The molecule has 7 heteroatoms. The summed E-state index contributed by atoms with van der Waals surface area (Å²) in [7, 11) is 0. The maximum absolute atomic E-state index is 11.7. The Bertz CT molecular complexity index is 1790. The van der Waals surface area contributed by atoms with Crippen molar-refractivity contribution < 1.29 is 30.0 Å². The molecule has 5 rings (SSSR count). The number of pyridine rings is 1. The molecule has 4 nitrogen and oxygen atoms in total. The maximum Gasteiger partial charge on any atom is 0 e. The summed E-state index contributed by atoms with van der Waals surface area (Å²) in [5.74, 6) is 7.86. The number of aryl methyl sites for hydroxylation is 1. The number of aliphatic hydroxyl groups excluding tert-OH is 1. The van der Waals surface area contributed by atoms with E-state index in [1.807, 2.05) is 33.8 Å². The summed E-state index contributed by atoms with van der Waals surface area (Å²) in [4.78, 5) is 21.6. The van der Waals surface area contributed by atoms with E-state index in [1.54, 1.807) is 11.3 Å². The van der Waals surface area contributed by atoms with Crippen molar-refractivity contribution in [3.05, 3.63) is 89.6 Å². The Morgan fingerprint density at radius 1 is 0.913 bits per heavy atom. The number of allylic oxidation sites excluding steroid dienone is 2. The zero-order chi connectivity index (χ0) is 32.7. The Kier molecular flexibility index (Phi) is 13.9. The topological polar surface area (TPSA) is 63.1 Å². The second-order valence-corrected chi connectivity index (χ2v) is 24.6. The minimum atomic E-state index is -1.96. The van der Waals surface area contributed by atoms with Crippen molar-refractivity contribution in [1.82, 2.24) is 9.97 Å². The number of hydrogen-bond acceptors (Lipinski definition) is 5. The molecule has 245 valence electrons. The van der Waals surface area contributed by atoms with Crippen molar-refractivity contribution in [2.24, 2.45) is 11.8 Å². The summed E-state index contributed by atoms with van der Waals surface area (Å²) >= 11 is -0.239. The van der Waals surface area contributed by atoms with E-state index in [9.17, 15) is 9.90 Å². The van der Waals surface area contributed by atoms with Gasteiger partial charge in [-0.3, -0.25) is 4.79 Å². The third kappa shape index (κ3) is 9.03. The van der Waals surface area contributed by atoms with Crippen LogP contribution < -0.4 is 4.40 Å². The van der Waals surface area contributed by atoms with Gasteiger partial charge in [-0.1, -0.05) is 27.7 Å². The normalized spacial score (nSPS) is 11.9. The number of aromatic nitrogens is 2. The molecule has 0 saturated carbocycles. The van der Waals surface area contributed by atoms with Gasteiger partial charge < -0.3 is 5.11 Å². The van der Waals surface area contributed by atoms with Crippen LogP contribution in [0.5, 0.6) is 0 Å². The Morgan fingerprint density at radius 3 is 2.17 bits per heavy atom. The van der Waals surface area contributed by atoms with Crippen LogP contribution in [0.1, 0.15) is 58.4 Å². The summed E-state index contributed by atoms with van der Waals surface area (Å²) in [6.45, 7) is 10.1. The average Bonchev–Trinajstić information content (AvgIpc) is 3.42. The number of ketones is 1. The van der Waals surface area contributed by atoms with Crippen LogP contribution in [-0.2, 0) is 24.9 Å². The van der Waals surface area contributed by atoms with Crippen molar-refractivity contribution in [2.75, 3.05) is 0 Å². The molecular formula is C39H47GeIrN2O2S-. The van der Waals surface area contributed by atoms with Crippen LogP contribution in [0, 0.1) is 24.8 Å². The number of nitrogens with zero attached hydrogens (tertiary/aromatic N) is 2. The smallest absolute Gasteiger partial charge is 0 e. The van der Waals surface area contributed by atoms with Crippen molar-refractivity contribution in [1.29, 1.82) is 0 Å². The van der Waals surface area contributed by atoms with E-state index >= 15 is 0 Å². The van der Waals surface area contributed by atoms with E-state index in [-0.39, 0.29) is 43.5 Å². The van der Waals surface area contributed by atoms with E-state index < -0.39 is 13.3 Å². The van der Waals surface area contributed by atoms with Crippen molar-refractivity contribution in [3.8, 4) is 22.4 Å². The Morgan fingerprint density at radius 2 is 1.57 bits per heavy atom. The molecule has 0 spiro atoms. The van der Waals surface area contributed by atoms with Crippen molar-refractivity contribution in [3.63, 3.8) is 0 Å². The fraction of sp³-hybridized carbons (Fsp3) is 0.359. The molecule has 3 aromatic carbocycles. The molecule has 0 aliphatic carbocycles. The first-order valence-corrected chi connectivity index (χ1v) is 24.4. The van der Waals surface area contributed by atoms with Crippen molar-refractivity contribution >= 4 is 55.9 Å². The van der Waals surface area contributed by atoms with Gasteiger partial charge in [0.15, 0.2) is 5.78 Å². The molecule has 0 bridgehead atoms. The third-order valence-electron chi connectivity index (χ3n) is 8.56. The Balaban J connectivity index is 0.000000309. The predicted octanol–water partition coefficient (Wildman–Crippen LogP) is 10.7. The number of rotatable bonds is 10. The first-order chi connectivity index (χ1) is 21.5. The quantitative estimate of drug-likeness (QED) is 0.0657. The van der Waals surface area contributed by atoms with Crippen LogP contribution in [0.4, 0.5) is 0 Å². The predicted molar refractivity (Wildman–Crippen MR) is 196 cm³/mol. The average molecular weight is 873 g/mol. The van der Waals surface area contributed by atoms with Crippen molar-refractivity contribution in [2.45, 2.75) is 77.6 Å². The summed E-state index contributed by atoms with van der Waals surface area (Å²) < 4.78 is 2.68. The van der Waals surface area contributed by atoms with Gasteiger partial charge in [0.1, 0.15) is 0 Å². The molecule has 0 aliphatic rings. The number of thiazole rings is 1. The standard InChI is InChI=1S/C26H23GeN2S.C13H24O2.Ir/c1-17-28-26-20(11-8-12-25(26)30-17)24-16-21(18-9-6-5-7-10-18)22-15-19(27(2,3)4)13-14-23(22)29-24;1-5-10(6-2)12(14)9-13(15)11(7-3)8-4;/h5-10,12-16H,1-4H3;9-11,14H,5-8H2,1-4H3;/q-1;;/b;12-9-;. The first-order valence-electron chi connectivity index (χ1n) is 16.2. The molecule has 5 aromatic rings. The van der Waals surface area contributed by atoms with E-state index in [0.717, 1.165) is 53.0 Å². The number of carbonyl (C=O) groups is 1. The van der Waals surface area contributed by atoms with Crippen LogP contribution in [0.3, 0.4) is 0 Å². The van der Waals surface area contributed by atoms with Gasteiger partial charge >= 0.3 is 184 Å². The van der Waals surface area contributed by atoms with E-state index in [2.05, 4.69) is 90.9 Å². The monoisotopic (exact) mass is 874 g/mol. The Labute approximate surface area is 295 Å². The van der Waals surface area contributed by atoms with Crippen LogP contribution >= 0.6 is 11.3 Å². The molecule has 0 atom stereocenters. The number of carbonyl (C=O) groups excluding carboxylic acids is 1. The van der Waals surface area contributed by atoms with Crippen LogP contribution in [0.25, 0.3) is 43.5 Å². The number of fused-ring (bicyclic) bond motifs is 2. The molecule has 1 radical (unpaired) electrons. The maximum atomic E-state index is 11.7. The molecule has 0 aliphatic heterocycles. The molecule has 2 aromatic heterocycles. The molecule has 0 unspecified atom stereocenters. The molecule has 0 fully saturated rings. The zero-order valence-corrected chi connectivity index (χ0v) is 33.7. The number of hydrogen-bond donors (Lipinski definition) is 1. The van der Waals surface area contributed by atoms with E-state index in [1.165, 1.54) is 31.7 Å². The summed E-state index contributed by atoms with van der Waals surface area (Å²) in [6.07, 6.45) is 4.91. The number of benzene rings is 3. The number of aliphatic hydroxyl groups is 1. The third-order valence-corrected chi connectivity index (χ3v) is 13.8. The first kappa shape index (κ1) is 37.8. The van der Waals surface area contributed by atoms with Gasteiger partial charge in [-0.05, 0) is 25.7 Å². The van der Waals surface area contributed by atoms with Gasteiger partial charge in [-0.25, -0.2) is 0 Å². The molecule has 0 saturated heterocycles. The van der Waals surface area contributed by atoms with Crippen LogP contribution in [0.15, 0.2) is 78.6 Å². The van der Waals surface area contributed by atoms with Gasteiger partial charge in [0, 0.05) is 38.0 Å². The largest absolute Gasteiger partial charge is 0 e. The summed E-state index contributed by atoms with van der Waals surface area (Å²) in [5, 5.41) is 12.1. The summed E-state index contributed by atoms with van der Waals surface area (Å²) in [5.41, 5.74) is 6.37. The molecular weight excluding hydrogens is 825 g/mol. The fourth-order valence-corrected chi connectivity index (χ4v) is 8.93. The van der Waals surface area contributed by atoms with E-state index in [4.69, 9.17) is 9.97 Å². The van der Waals surface area contributed by atoms with Crippen LogP contribution in [0.2, 0.25) is 17.3 Å². The second kappa shape index (κ2) is 17.0. The summed E-state index contributed by atoms with van der Waals surface area (Å²) in [6, 6.07) is 27.2. The minimum Gasteiger partial charge on any atom is 0 e. The minimum absolute atomic E-state index is 0. The van der Waals surface area contributed by atoms with Gasteiger partial charge in [-0.2, -0.15) is 0 Å². The molecule has 0 amide bonds. The van der Waals surface area contributed by atoms with Gasteiger partial charge in [0.05, 0.1) is 5.76 Å². The van der Waals surface area contributed by atoms with Gasteiger partial charge in [0.25, 0.3) is 0 Å². The second-order valence-electron chi connectivity index (χ2n) is 12.7. The zero-order valence-electron chi connectivity index (χ0n) is 28.4. The SMILES string of the molecule is CCC(CC)C(=O)/C=C(\O)C(CC)CC.Cc1nc2c(-c3cc(-c4ccccc4)c4c[c]([Ge]([CH3])([CH3])[CH3])ccc4n3)[c-]ccc2s1.[Ir]. The molecule has 2 heterocycles. The fourth-order valence-electron chi connectivity index (χ4n) is 5.66. The van der Waals surface area contributed by atoms with Gasteiger partial charge in [0.2, 0.25) is 0 Å².